The van der Waals surface area contributed by atoms with Crippen LogP contribution in [0.4, 0.5) is 10.5 Å². The highest BCUT2D eigenvalue weighted by Crippen LogP contribution is 2.32. The Hall–Kier alpha value is -3.48. The number of pyridine rings is 1. The van der Waals surface area contributed by atoms with Crippen molar-refractivity contribution >= 4 is 11.7 Å². The Bertz CT molecular complexity index is 892. The molecule has 132 valence electrons. The minimum atomic E-state index is -0.305. The molecule has 0 radical (unpaired) electrons. The Labute approximate surface area is 150 Å². The summed E-state index contributed by atoms with van der Waals surface area (Å²) in [4.78, 5) is 16.4. The van der Waals surface area contributed by atoms with E-state index in [0.29, 0.717) is 36.9 Å². The van der Waals surface area contributed by atoms with Gasteiger partial charge >= 0.3 is 6.03 Å². The molecule has 2 amide bonds. The first-order valence-electron chi connectivity index (χ1n) is 8.20. The van der Waals surface area contributed by atoms with Crippen LogP contribution in [0.3, 0.4) is 0 Å². The Kier molecular flexibility index (Phi) is 4.42. The average Bonchev–Trinajstić information content (AvgIpc) is 3.21. The van der Waals surface area contributed by atoms with E-state index in [1.165, 1.54) is 0 Å². The molecule has 0 atom stereocenters. The summed E-state index contributed by atoms with van der Waals surface area (Å²) in [6, 6.07) is 10.6. The number of hydrogen-bond donors (Lipinski definition) is 2. The van der Waals surface area contributed by atoms with Crippen molar-refractivity contribution in [2.45, 2.75) is 6.54 Å². The van der Waals surface area contributed by atoms with Crippen molar-refractivity contribution in [2.24, 2.45) is 0 Å². The van der Waals surface area contributed by atoms with Crippen LogP contribution in [-0.4, -0.2) is 24.2 Å². The van der Waals surface area contributed by atoms with Crippen LogP contribution in [0.2, 0.25) is 0 Å². The van der Waals surface area contributed by atoms with E-state index < -0.39 is 0 Å². The molecule has 3 aromatic rings. The molecule has 3 heterocycles. The number of carbonyl (C=O) groups is 1. The van der Waals surface area contributed by atoms with Gasteiger partial charge in [-0.25, -0.2) is 4.79 Å². The molecule has 7 heteroatoms. The second kappa shape index (κ2) is 7.18. The van der Waals surface area contributed by atoms with Crippen LogP contribution in [0.25, 0.3) is 11.3 Å². The number of hydrogen-bond acceptors (Lipinski definition) is 5. The lowest BCUT2D eigenvalue weighted by Crippen LogP contribution is -2.28. The van der Waals surface area contributed by atoms with E-state index in [0.717, 1.165) is 16.8 Å². The van der Waals surface area contributed by atoms with Crippen molar-refractivity contribution in [3.05, 3.63) is 60.7 Å². The first-order valence-corrected chi connectivity index (χ1v) is 8.20. The molecule has 1 aliphatic heterocycles. The first kappa shape index (κ1) is 16.0. The molecule has 0 spiro atoms. The van der Waals surface area contributed by atoms with Gasteiger partial charge in [0, 0.05) is 30.1 Å². The lowest BCUT2D eigenvalue weighted by molar-refractivity contribution is 0.171. The van der Waals surface area contributed by atoms with Gasteiger partial charge in [0.2, 0.25) is 0 Å². The van der Waals surface area contributed by atoms with E-state index in [9.17, 15) is 4.79 Å². The summed E-state index contributed by atoms with van der Waals surface area (Å²) in [5.74, 6) is 1.32. The third-order valence-corrected chi connectivity index (χ3v) is 3.89. The maximum absolute atomic E-state index is 12.1. The Morgan fingerprint density at radius 2 is 1.96 bits per heavy atom. The third kappa shape index (κ3) is 3.61. The fourth-order valence-corrected chi connectivity index (χ4v) is 2.59. The molecule has 0 aliphatic carbocycles. The molecule has 0 saturated carbocycles. The van der Waals surface area contributed by atoms with Crippen LogP contribution in [0.1, 0.15) is 5.56 Å². The summed E-state index contributed by atoms with van der Waals surface area (Å²) in [5, 5.41) is 5.58. The van der Waals surface area contributed by atoms with E-state index in [1.54, 1.807) is 36.9 Å². The van der Waals surface area contributed by atoms with Gasteiger partial charge in [0.25, 0.3) is 0 Å². The molecule has 1 aliphatic rings. The Balaban J connectivity index is 1.32. The number of benzene rings is 1. The number of nitrogens with zero attached hydrogens (tertiary/aromatic N) is 1. The third-order valence-electron chi connectivity index (χ3n) is 3.89. The first-order chi connectivity index (χ1) is 12.8. The lowest BCUT2D eigenvalue weighted by Gasteiger charge is -2.19. The molecule has 4 rings (SSSR count). The van der Waals surface area contributed by atoms with Crippen molar-refractivity contribution < 1.29 is 18.7 Å². The zero-order valence-corrected chi connectivity index (χ0v) is 13.9. The summed E-state index contributed by atoms with van der Waals surface area (Å²) < 4.78 is 16.0. The largest absolute Gasteiger partial charge is 0.486 e. The van der Waals surface area contributed by atoms with E-state index in [-0.39, 0.29) is 6.03 Å². The minimum Gasteiger partial charge on any atom is -0.486 e. The second-order valence-corrected chi connectivity index (χ2v) is 5.73. The van der Waals surface area contributed by atoms with E-state index in [2.05, 4.69) is 15.6 Å². The highest BCUT2D eigenvalue weighted by molar-refractivity contribution is 5.89. The maximum Gasteiger partial charge on any atom is 0.319 e. The number of amides is 2. The lowest BCUT2D eigenvalue weighted by atomic mass is 10.2. The molecule has 0 fully saturated rings. The average molecular weight is 351 g/mol. The van der Waals surface area contributed by atoms with Crippen molar-refractivity contribution in [3.8, 4) is 22.8 Å². The number of anilines is 1. The van der Waals surface area contributed by atoms with Crippen LogP contribution in [0.5, 0.6) is 11.5 Å². The molecule has 0 saturated heterocycles. The number of fused-ring (bicyclic) bond motifs is 1. The van der Waals surface area contributed by atoms with Gasteiger partial charge in [-0.2, -0.15) is 0 Å². The summed E-state index contributed by atoms with van der Waals surface area (Å²) >= 11 is 0. The number of ether oxygens (including phenoxy) is 2. The van der Waals surface area contributed by atoms with Crippen molar-refractivity contribution in [3.63, 3.8) is 0 Å². The van der Waals surface area contributed by atoms with Gasteiger partial charge in [0.05, 0.1) is 18.2 Å². The molecule has 0 bridgehead atoms. The van der Waals surface area contributed by atoms with Crippen LogP contribution in [0.15, 0.2) is 59.5 Å². The molecule has 2 aromatic heterocycles. The molecular formula is C19H17N3O4. The van der Waals surface area contributed by atoms with E-state index in [1.807, 2.05) is 18.2 Å². The van der Waals surface area contributed by atoms with Gasteiger partial charge in [-0.05, 0) is 29.8 Å². The summed E-state index contributed by atoms with van der Waals surface area (Å²) in [6.45, 7) is 1.41. The molecule has 1 aromatic carbocycles. The van der Waals surface area contributed by atoms with Crippen molar-refractivity contribution in [2.75, 3.05) is 18.5 Å². The predicted molar refractivity (Wildman–Crippen MR) is 95.2 cm³/mol. The zero-order valence-electron chi connectivity index (χ0n) is 13.9. The SMILES string of the molecule is O=C(NCc1ccc(-c2ccoc2)nc1)Nc1ccc2c(c1)OCCO2. The van der Waals surface area contributed by atoms with Crippen LogP contribution in [0, 0.1) is 0 Å². The van der Waals surface area contributed by atoms with E-state index >= 15 is 0 Å². The monoisotopic (exact) mass is 351 g/mol. The number of rotatable bonds is 4. The summed E-state index contributed by atoms with van der Waals surface area (Å²) in [5.41, 5.74) is 3.28. The van der Waals surface area contributed by atoms with Gasteiger partial charge in [0.15, 0.2) is 11.5 Å². The topological polar surface area (TPSA) is 85.6 Å². The van der Waals surface area contributed by atoms with Gasteiger partial charge in [0.1, 0.15) is 13.2 Å². The summed E-state index contributed by atoms with van der Waals surface area (Å²) in [6.07, 6.45) is 4.97. The van der Waals surface area contributed by atoms with Gasteiger partial charge in [-0.3, -0.25) is 4.98 Å². The molecule has 7 nitrogen and oxygen atoms in total. The normalized spacial score (nSPS) is 12.5. The van der Waals surface area contributed by atoms with E-state index in [4.69, 9.17) is 13.9 Å². The number of furan rings is 1. The summed E-state index contributed by atoms with van der Waals surface area (Å²) in [7, 11) is 0. The van der Waals surface area contributed by atoms with Crippen molar-refractivity contribution in [1.82, 2.24) is 10.3 Å². The molecule has 26 heavy (non-hydrogen) atoms. The van der Waals surface area contributed by atoms with Crippen LogP contribution < -0.4 is 20.1 Å². The number of aromatic nitrogens is 1. The van der Waals surface area contributed by atoms with Gasteiger partial charge in [-0.15, -0.1) is 0 Å². The fourth-order valence-electron chi connectivity index (χ4n) is 2.59. The molecule has 0 unspecified atom stereocenters. The number of urea groups is 1. The van der Waals surface area contributed by atoms with Crippen LogP contribution in [-0.2, 0) is 6.54 Å². The maximum atomic E-state index is 12.1. The second-order valence-electron chi connectivity index (χ2n) is 5.73. The quantitative estimate of drug-likeness (QED) is 0.752. The number of nitrogens with one attached hydrogen (secondary N) is 2. The highest BCUT2D eigenvalue weighted by Gasteiger charge is 2.12. The smallest absolute Gasteiger partial charge is 0.319 e. The van der Waals surface area contributed by atoms with Gasteiger partial charge < -0.3 is 24.5 Å². The van der Waals surface area contributed by atoms with Gasteiger partial charge in [-0.1, -0.05) is 6.07 Å². The Morgan fingerprint density at radius 3 is 2.73 bits per heavy atom. The minimum absolute atomic E-state index is 0.305. The standard InChI is InChI=1S/C19H17N3O4/c23-19(22-15-2-4-17-18(9-15)26-8-7-25-17)21-11-13-1-3-16(20-10-13)14-5-6-24-12-14/h1-6,9-10,12H,7-8,11H2,(H2,21,22,23). The number of carbonyl (C=O) groups excluding carboxylic acids is 1. The predicted octanol–water partition coefficient (Wildman–Crippen LogP) is 3.43. The Morgan fingerprint density at radius 1 is 1.08 bits per heavy atom. The fraction of sp³-hybridized carbons (Fsp3) is 0.158. The molecule has 2 N–H and O–H groups in total. The van der Waals surface area contributed by atoms with Crippen molar-refractivity contribution in [1.29, 1.82) is 0 Å². The molecular weight excluding hydrogens is 334 g/mol. The highest BCUT2D eigenvalue weighted by atomic mass is 16.6. The van der Waals surface area contributed by atoms with Crippen LogP contribution >= 0.6 is 0 Å². The zero-order chi connectivity index (χ0) is 17.8.